The summed E-state index contributed by atoms with van der Waals surface area (Å²) in [5.41, 5.74) is -1.55. The van der Waals surface area contributed by atoms with Crippen molar-refractivity contribution < 1.29 is 43.5 Å². The van der Waals surface area contributed by atoms with Crippen LogP contribution in [-0.4, -0.2) is 34.7 Å². The zero-order chi connectivity index (χ0) is 27.7. The van der Waals surface area contributed by atoms with Crippen molar-refractivity contribution in [1.82, 2.24) is 4.72 Å². The Morgan fingerprint density at radius 2 is 1.74 bits per heavy atom. The highest BCUT2D eigenvalue weighted by molar-refractivity contribution is 7.92. The van der Waals surface area contributed by atoms with Crippen molar-refractivity contribution in [2.45, 2.75) is 66.1 Å². The van der Waals surface area contributed by atoms with Crippen LogP contribution in [0.15, 0.2) is 41.3 Å². The molecule has 0 bridgehead atoms. The van der Waals surface area contributed by atoms with Gasteiger partial charge in [0.15, 0.2) is 21.4 Å². The molecule has 2 heterocycles. The van der Waals surface area contributed by atoms with E-state index >= 15 is 4.39 Å². The van der Waals surface area contributed by atoms with E-state index in [0.717, 1.165) is 24.3 Å². The molecule has 13 heteroatoms. The van der Waals surface area contributed by atoms with Crippen LogP contribution in [0.4, 0.5) is 22.0 Å². The van der Waals surface area contributed by atoms with E-state index in [1.54, 1.807) is 0 Å². The number of ether oxygens (including phenoxy) is 1. The standard InChI is InChI=1S/C25H26F5NO5S2/c1-2-3-16-12-17-18-13-36-23-20(27)9-8-19(26)22(23)24(18,11-10-21(17)31-38(16,34)35)37(32,33)15-6-4-14(5-7-15)25(28,29)30/h4-9,16-18,21,31H,2-3,10-13H2,1H3/t16-,17+,18+,21-,24+/m1/s1. The number of alkyl halides is 3. The van der Waals surface area contributed by atoms with Gasteiger partial charge in [0.25, 0.3) is 0 Å². The quantitative estimate of drug-likeness (QED) is 0.519. The second kappa shape index (κ2) is 9.16. The van der Waals surface area contributed by atoms with Crippen LogP contribution in [0.1, 0.15) is 50.2 Å². The van der Waals surface area contributed by atoms with Crippen molar-refractivity contribution >= 4 is 19.9 Å². The maximum absolute atomic E-state index is 15.5. The number of hydrogen-bond donors (Lipinski definition) is 1. The van der Waals surface area contributed by atoms with Crippen molar-refractivity contribution in [3.63, 3.8) is 0 Å². The summed E-state index contributed by atoms with van der Waals surface area (Å²) in [5, 5.41) is -0.808. The highest BCUT2D eigenvalue weighted by Crippen LogP contribution is 2.59. The smallest absolute Gasteiger partial charge is 0.416 e. The Labute approximate surface area is 217 Å². The van der Waals surface area contributed by atoms with E-state index in [4.69, 9.17) is 4.74 Å². The average molecular weight is 580 g/mol. The van der Waals surface area contributed by atoms with Gasteiger partial charge in [-0.15, -0.1) is 0 Å². The largest absolute Gasteiger partial charge is 0.490 e. The van der Waals surface area contributed by atoms with Gasteiger partial charge in [-0.1, -0.05) is 13.3 Å². The monoisotopic (exact) mass is 579 g/mol. The number of hydrogen-bond acceptors (Lipinski definition) is 5. The summed E-state index contributed by atoms with van der Waals surface area (Å²) >= 11 is 0. The van der Waals surface area contributed by atoms with Gasteiger partial charge in [0, 0.05) is 12.0 Å². The Morgan fingerprint density at radius 3 is 2.37 bits per heavy atom. The summed E-state index contributed by atoms with van der Waals surface area (Å²) in [5.74, 6) is -4.10. The maximum atomic E-state index is 15.5. The first-order valence-electron chi connectivity index (χ1n) is 12.3. The SMILES string of the molecule is CCC[C@@H]1C[C@@H]2[C@@H](CC[C@@]3(S(=O)(=O)c4ccc(C(F)(F)F)cc4)c4c(F)ccc(F)c4OC[C@@H]23)NS1(=O)=O. The van der Waals surface area contributed by atoms with E-state index < -0.39 is 87.3 Å². The van der Waals surface area contributed by atoms with Crippen LogP contribution in [0, 0.1) is 23.5 Å². The molecule has 1 aliphatic carbocycles. The third kappa shape index (κ3) is 4.03. The van der Waals surface area contributed by atoms with Crippen LogP contribution in [-0.2, 0) is 30.8 Å². The van der Waals surface area contributed by atoms with Crippen LogP contribution in [0.5, 0.6) is 5.75 Å². The summed E-state index contributed by atoms with van der Waals surface area (Å²) < 4.78 is 130. The van der Waals surface area contributed by atoms with Crippen LogP contribution < -0.4 is 9.46 Å². The number of halogens is 5. The number of rotatable bonds is 4. The summed E-state index contributed by atoms with van der Waals surface area (Å²) in [6, 6.07) is 3.91. The second-order valence-corrected chi connectivity index (χ2v) is 14.4. The highest BCUT2D eigenvalue weighted by atomic mass is 32.2. The molecule has 38 heavy (non-hydrogen) atoms. The number of benzene rings is 2. The van der Waals surface area contributed by atoms with Crippen molar-refractivity contribution in [2.24, 2.45) is 11.8 Å². The molecule has 0 radical (unpaired) electrons. The van der Waals surface area contributed by atoms with Gasteiger partial charge in [0.2, 0.25) is 10.0 Å². The lowest BCUT2D eigenvalue weighted by Crippen LogP contribution is -2.63. The minimum atomic E-state index is -4.70. The zero-order valence-corrected chi connectivity index (χ0v) is 21.9. The van der Waals surface area contributed by atoms with Crippen molar-refractivity contribution in [2.75, 3.05) is 6.61 Å². The van der Waals surface area contributed by atoms with E-state index in [1.165, 1.54) is 0 Å². The van der Waals surface area contributed by atoms with Gasteiger partial charge in [-0.2, -0.15) is 13.2 Å². The predicted octanol–water partition coefficient (Wildman–Crippen LogP) is 4.93. The highest BCUT2D eigenvalue weighted by Gasteiger charge is 2.64. The number of fused-ring (bicyclic) bond motifs is 5. The first-order valence-corrected chi connectivity index (χ1v) is 15.3. The topological polar surface area (TPSA) is 89.5 Å². The summed E-state index contributed by atoms with van der Waals surface area (Å²) in [6.45, 7) is 1.49. The van der Waals surface area contributed by atoms with E-state index in [2.05, 4.69) is 4.72 Å². The molecule has 1 N–H and O–H groups in total. The van der Waals surface area contributed by atoms with Gasteiger partial charge in [0.05, 0.1) is 27.9 Å². The minimum absolute atomic E-state index is 0.00843. The average Bonchev–Trinajstić information content (AvgIpc) is 2.85. The molecule has 0 aromatic heterocycles. The van der Waals surface area contributed by atoms with E-state index in [9.17, 15) is 34.4 Å². The molecule has 5 atom stereocenters. The minimum Gasteiger partial charge on any atom is -0.490 e. The zero-order valence-electron chi connectivity index (χ0n) is 20.3. The molecule has 0 spiro atoms. The number of sulfone groups is 1. The predicted molar refractivity (Wildman–Crippen MR) is 128 cm³/mol. The van der Waals surface area contributed by atoms with Crippen LogP contribution in [0.3, 0.4) is 0 Å². The van der Waals surface area contributed by atoms with Crippen molar-refractivity contribution in [3.8, 4) is 5.75 Å². The molecule has 6 nitrogen and oxygen atoms in total. The molecule has 0 amide bonds. The Hall–Kier alpha value is -2.25. The van der Waals surface area contributed by atoms with Gasteiger partial charge >= 0.3 is 6.18 Å². The van der Waals surface area contributed by atoms with Gasteiger partial charge < -0.3 is 4.74 Å². The molecule has 2 fully saturated rings. The molecule has 208 valence electrons. The fraction of sp³-hybridized carbons (Fsp3) is 0.520. The Balaban J connectivity index is 1.71. The van der Waals surface area contributed by atoms with Crippen LogP contribution in [0.25, 0.3) is 0 Å². The lowest BCUT2D eigenvalue weighted by atomic mass is 9.64. The Morgan fingerprint density at radius 1 is 1.08 bits per heavy atom. The van der Waals surface area contributed by atoms with E-state index in [1.807, 2.05) is 6.92 Å². The van der Waals surface area contributed by atoms with Crippen LogP contribution >= 0.6 is 0 Å². The number of sulfonamides is 1. The van der Waals surface area contributed by atoms with Gasteiger partial charge in [-0.05, 0) is 68.0 Å². The lowest BCUT2D eigenvalue weighted by molar-refractivity contribution is -0.137. The van der Waals surface area contributed by atoms with E-state index in [0.29, 0.717) is 25.0 Å². The molecule has 2 aromatic carbocycles. The maximum Gasteiger partial charge on any atom is 0.416 e. The summed E-state index contributed by atoms with van der Waals surface area (Å²) in [6.07, 6.45) is -3.99. The van der Waals surface area contributed by atoms with Crippen molar-refractivity contribution in [3.05, 3.63) is 59.2 Å². The summed E-state index contributed by atoms with van der Waals surface area (Å²) in [7, 11) is -8.32. The second-order valence-electron chi connectivity index (χ2n) is 10.2. The third-order valence-electron chi connectivity index (χ3n) is 8.22. The molecular formula is C25H26F5NO5S2. The van der Waals surface area contributed by atoms with Gasteiger partial charge in [-0.3, -0.25) is 0 Å². The van der Waals surface area contributed by atoms with Crippen LogP contribution in [0.2, 0.25) is 0 Å². The normalized spacial score (nSPS) is 30.5. The Kier molecular flexibility index (Phi) is 6.58. The first kappa shape index (κ1) is 27.3. The van der Waals surface area contributed by atoms with Gasteiger partial charge in [-0.25, -0.2) is 30.3 Å². The first-order chi connectivity index (χ1) is 17.7. The molecular weight excluding hydrogens is 553 g/mol. The molecule has 2 aliphatic heterocycles. The summed E-state index contributed by atoms with van der Waals surface area (Å²) in [4.78, 5) is -0.466. The fourth-order valence-corrected chi connectivity index (χ4v) is 10.8. The fourth-order valence-electron chi connectivity index (χ4n) is 6.51. The van der Waals surface area contributed by atoms with Crippen molar-refractivity contribution in [1.29, 1.82) is 0 Å². The number of nitrogens with one attached hydrogen (secondary N) is 1. The molecule has 3 aliphatic rings. The van der Waals surface area contributed by atoms with Gasteiger partial charge in [0.1, 0.15) is 10.6 Å². The molecule has 0 unspecified atom stereocenters. The molecule has 5 rings (SSSR count). The Bertz CT molecular complexity index is 1460. The third-order valence-corrected chi connectivity index (χ3v) is 12.7. The molecule has 2 aromatic rings. The lowest BCUT2D eigenvalue weighted by Gasteiger charge is -2.54. The molecule has 1 saturated heterocycles. The molecule has 1 saturated carbocycles. The van der Waals surface area contributed by atoms with E-state index in [-0.39, 0.29) is 25.9 Å².